The minimum Gasteiger partial charge on any atom is -0.493 e. The lowest BCUT2D eigenvalue weighted by molar-refractivity contribution is -0.129. The number of likely N-dealkylation sites (tertiary alicyclic amines) is 1. The molecule has 1 aliphatic carbocycles. The van der Waals surface area contributed by atoms with Crippen LogP contribution in [0, 0.1) is 5.92 Å². The molecule has 1 atom stereocenters. The van der Waals surface area contributed by atoms with Gasteiger partial charge >= 0.3 is 0 Å². The Hall–Kier alpha value is -3.22. The van der Waals surface area contributed by atoms with Gasteiger partial charge in [0, 0.05) is 49.1 Å². The van der Waals surface area contributed by atoms with E-state index in [1.54, 1.807) is 6.92 Å². The third kappa shape index (κ3) is 5.01. The van der Waals surface area contributed by atoms with Gasteiger partial charge in [0.05, 0.1) is 23.9 Å². The minimum absolute atomic E-state index is 0.0645. The molecule has 3 N–H and O–H groups in total. The van der Waals surface area contributed by atoms with Gasteiger partial charge in [-0.3, -0.25) is 9.59 Å². The second-order valence-corrected chi connectivity index (χ2v) is 10.8. The second-order valence-electron chi connectivity index (χ2n) is 10.8. The molecule has 3 aliphatic rings. The van der Waals surface area contributed by atoms with E-state index in [9.17, 15) is 9.59 Å². The number of H-pyrrole nitrogens is 1. The lowest BCUT2D eigenvalue weighted by atomic mass is 9.88. The number of rotatable bonds is 7. The van der Waals surface area contributed by atoms with Gasteiger partial charge in [0.15, 0.2) is 0 Å². The van der Waals surface area contributed by atoms with E-state index < -0.39 is 0 Å². The topological polar surface area (TPSA) is 86.5 Å². The second kappa shape index (κ2) is 10.0. The van der Waals surface area contributed by atoms with Crippen molar-refractivity contribution in [1.82, 2.24) is 20.5 Å². The fourth-order valence-corrected chi connectivity index (χ4v) is 5.29. The van der Waals surface area contributed by atoms with Gasteiger partial charge in [-0.1, -0.05) is 19.9 Å². The summed E-state index contributed by atoms with van der Waals surface area (Å²) >= 11 is 0. The summed E-state index contributed by atoms with van der Waals surface area (Å²) in [7, 11) is 0. The number of amides is 2. The Kier molecular flexibility index (Phi) is 6.82. The van der Waals surface area contributed by atoms with Crippen LogP contribution in [0.5, 0.6) is 5.75 Å². The number of allylic oxidation sites excluding steroid dienone is 1. The highest BCUT2D eigenvalue weighted by atomic mass is 16.5. The monoisotopic (exact) mass is 490 g/mol. The summed E-state index contributed by atoms with van der Waals surface area (Å²) in [5.74, 6) is 2.00. The third-order valence-corrected chi connectivity index (χ3v) is 7.76. The van der Waals surface area contributed by atoms with Crippen LogP contribution in [0.3, 0.4) is 0 Å². The molecular formula is C29H38N4O3. The summed E-state index contributed by atoms with van der Waals surface area (Å²) < 4.78 is 6.30. The zero-order valence-electron chi connectivity index (χ0n) is 21.8. The number of aromatic nitrogens is 1. The van der Waals surface area contributed by atoms with Gasteiger partial charge in [0.25, 0.3) is 5.91 Å². The van der Waals surface area contributed by atoms with Gasteiger partial charge in [0.2, 0.25) is 5.91 Å². The number of carbonyl (C=O) groups is 2. The first-order valence-electron chi connectivity index (χ1n) is 13.3. The number of nitrogens with one attached hydrogen (secondary N) is 3. The Morgan fingerprint density at radius 2 is 1.86 bits per heavy atom. The van der Waals surface area contributed by atoms with Crippen LogP contribution < -0.4 is 15.4 Å². The van der Waals surface area contributed by atoms with Crippen molar-refractivity contribution in [2.24, 2.45) is 5.92 Å². The number of aromatic amines is 1. The van der Waals surface area contributed by atoms with Crippen molar-refractivity contribution >= 4 is 17.4 Å². The molecule has 0 bridgehead atoms. The summed E-state index contributed by atoms with van der Waals surface area (Å²) in [5.41, 5.74) is 5.78. The highest BCUT2D eigenvalue weighted by Crippen LogP contribution is 2.40. The summed E-state index contributed by atoms with van der Waals surface area (Å²) in [6.45, 7) is 10.1. The normalized spacial score (nSPS) is 20.2. The molecule has 0 radical (unpaired) electrons. The van der Waals surface area contributed by atoms with Crippen LogP contribution in [0.4, 0.5) is 0 Å². The van der Waals surface area contributed by atoms with E-state index in [4.69, 9.17) is 4.74 Å². The number of nitrogens with zero attached hydrogens (tertiary/aromatic N) is 1. The Balaban J connectivity index is 1.39. The molecule has 36 heavy (non-hydrogen) atoms. The van der Waals surface area contributed by atoms with Gasteiger partial charge in [-0.2, -0.15) is 0 Å². The Morgan fingerprint density at radius 3 is 2.53 bits per heavy atom. The molecule has 1 saturated carbocycles. The maximum Gasteiger partial charge on any atom is 0.255 e. The zero-order valence-corrected chi connectivity index (χ0v) is 21.8. The van der Waals surface area contributed by atoms with Gasteiger partial charge in [-0.05, 0) is 68.2 Å². The van der Waals surface area contributed by atoms with E-state index in [0.717, 1.165) is 47.7 Å². The van der Waals surface area contributed by atoms with Crippen LogP contribution in [0.2, 0.25) is 0 Å². The van der Waals surface area contributed by atoms with Crippen molar-refractivity contribution in [3.05, 3.63) is 58.5 Å². The summed E-state index contributed by atoms with van der Waals surface area (Å²) in [6, 6.07) is 8.54. The standard InChI is InChI=1S/C29H38N4O3/c1-17(2)21-7-8-25(36-16-20-5-6-20)24(15-21)27-23-9-12-30-28(23)26(18(3)31-27)29(35)32-22-10-13-33(14-11-22)19(4)34/h7-9,12,15,17,20,22,27,30-31H,5-6,10-11,13-14,16H2,1-4H3,(H,32,35). The number of hydrogen-bond donors (Lipinski definition) is 3. The van der Waals surface area contributed by atoms with Crippen molar-refractivity contribution < 1.29 is 14.3 Å². The molecule has 2 amide bonds. The van der Waals surface area contributed by atoms with E-state index in [1.165, 1.54) is 18.4 Å². The molecule has 1 aromatic heterocycles. The average Bonchev–Trinajstić information content (AvgIpc) is 3.56. The lowest BCUT2D eigenvalue weighted by Crippen LogP contribution is -2.46. The fourth-order valence-electron chi connectivity index (χ4n) is 5.29. The van der Waals surface area contributed by atoms with E-state index in [2.05, 4.69) is 53.7 Å². The van der Waals surface area contributed by atoms with E-state index >= 15 is 0 Å². The maximum absolute atomic E-state index is 13.5. The van der Waals surface area contributed by atoms with Crippen LogP contribution in [-0.2, 0) is 9.59 Å². The predicted molar refractivity (Wildman–Crippen MR) is 141 cm³/mol. The van der Waals surface area contributed by atoms with Crippen molar-refractivity contribution in [3.8, 4) is 5.75 Å². The van der Waals surface area contributed by atoms with E-state index in [-0.39, 0.29) is 23.9 Å². The van der Waals surface area contributed by atoms with Crippen molar-refractivity contribution in [2.45, 2.75) is 71.4 Å². The quantitative estimate of drug-likeness (QED) is 0.534. The largest absolute Gasteiger partial charge is 0.493 e. The lowest BCUT2D eigenvalue weighted by Gasteiger charge is -2.33. The summed E-state index contributed by atoms with van der Waals surface area (Å²) in [4.78, 5) is 30.3. The van der Waals surface area contributed by atoms with Gasteiger partial charge in [0.1, 0.15) is 5.75 Å². The summed E-state index contributed by atoms with van der Waals surface area (Å²) in [6.07, 6.45) is 5.95. The molecule has 5 rings (SSSR count). The Bertz CT molecular complexity index is 1170. The number of ether oxygens (including phenoxy) is 1. The molecule has 2 fully saturated rings. The van der Waals surface area contributed by atoms with Crippen LogP contribution in [0.25, 0.3) is 5.57 Å². The smallest absolute Gasteiger partial charge is 0.255 e. The number of piperidine rings is 1. The number of fused-ring (bicyclic) bond motifs is 1. The molecule has 2 aliphatic heterocycles. The van der Waals surface area contributed by atoms with Crippen LogP contribution in [0.15, 0.2) is 36.2 Å². The molecule has 192 valence electrons. The maximum atomic E-state index is 13.5. The molecule has 7 nitrogen and oxygen atoms in total. The van der Waals surface area contributed by atoms with Gasteiger partial charge in [-0.15, -0.1) is 0 Å². The van der Waals surface area contributed by atoms with Gasteiger partial charge in [-0.25, -0.2) is 0 Å². The molecule has 3 heterocycles. The number of benzene rings is 1. The number of carbonyl (C=O) groups excluding carboxylic acids is 2. The zero-order chi connectivity index (χ0) is 25.4. The molecule has 1 aromatic carbocycles. The third-order valence-electron chi connectivity index (χ3n) is 7.76. The SMILES string of the molecule is CC(=O)N1CCC(NC(=O)C2=C(C)NC(c3cc(C(C)C)ccc3OCC3CC3)c3cc[nH]c32)CC1. The Labute approximate surface area is 213 Å². The summed E-state index contributed by atoms with van der Waals surface area (Å²) in [5, 5.41) is 6.86. The first kappa shape index (κ1) is 24.5. The molecule has 2 aromatic rings. The van der Waals surface area contributed by atoms with Crippen molar-refractivity contribution in [2.75, 3.05) is 19.7 Å². The Morgan fingerprint density at radius 1 is 1.11 bits per heavy atom. The van der Waals surface area contributed by atoms with E-state index in [1.807, 2.05) is 18.0 Å². The predicted octanol–water partition coefficient (Wildman–Crippen LogP) is 4.48. The van der Waals surface area contributed by atoms with E-state index in [0.29, 0.717) is 30.5 Å². The molecule has 1 saturated heterocycles. The first-order chi connectivity index (χ1) is 17.3. The molecule has 0 spiro atoms. The minimum atomic E-state index is -0.102. The van der Waals surface area contributed by atoms with Crippen LogP contribution >= 0.6 is 0 Å². The number of hydrogen-bond acceptors (Lipinski definition) is 4. The van der Waals surface area contributed by atoms with Crippen LogP contribution in [-0.4, -0.2) is 47.4 Å². The van der Waals surface area contributed by atoms with Crippen molar-refractivity contribution in [3.63, 3.8) is 0 Å². The van der Waals surface area contributed by atoms with Crippen molar-refractivity contribution in [1.29, 1.82) is 0 Å². The van der Waals surface area contributed by atoms with Gasteiger partial charge < -0.3 is 25.3 Å². The first-order valence-corrected chi connectivity index (χ1v) is 13.3. The molecule has 7 heteroatoms. The molecular weight excluding hydrogens is 452 g/mol. The highest BCUT2D eigenvalue weighted by molar-refractivity contribution is 6.20. The van der Waals surface area contributed by atoms with Crippen LogP contribution in [0.1, 0.15) is 87.7 Å². The fraction of sp³-hybridized carbons (Fsp3) is 0.517. The average molecular weight is 491 g/mol. The molecule has 1 unspecified atom stereocenters. The highest BCUT2D eigenvalue weighted by Gasteiger charge is 2.33.